The zero-order valence-corrected chi connectivity index (χ0v) is 11.0. The molecular formula is C14H21FN2O. The van der Waals surface area contributed by atoms with Gasteiger partial charge in [-0.05, 0) is 30.5 Å². The maximum absolute atomic E-state index is 13.4. The van der Waals surface area contributed by atoms with Gasteiger partial charge >= 0.3 is 0 Å². The number of likely N-dealkylation sites (tertiary alicyclic amines) is 1. The fourth-order valence-corrected chi connectivity index (χ4v) is 2.51. The Morgan fingerprint density at radius 1 is 1.50 bits per heavy atom. The van der Waals surface area contributed by atoms with E-state index >= 15 is 0 Å². The molecule has 4 heteroatoms. The zero-order chi connectivity index (χ0) is 13.1. The van der Waals surface area contributed by atoms with Crippen molar-refractivity contribution in [2.75, 3.05) is 25.9 Å². The molecule has 0 radical (unpaired) electrons. The minimum Gasteiger partial charge on any atom is -0.396 e. The van der Waals surface area contributed by atoms with Gasteiger partial charge in [-0.2, -0.15) is 0 Å². The molecule has 1 saturated heterocycles. The summed E-state index contributed by atoms with van der Waals surface area (Å²) in [6, 6.07) is 4.99. The number of methoxy groups -OCH3 is 1. The van der Waals surface area contributed by atoms with Crippen molar-refractivity contribution in [3.8, 4) is 0 Å². The van der Waals surface area contributed by atoms with Crippen LogP contribution in [-0.4, -0.2) is 31.2 Å². The van der Waals surface area contributed by atoms with Gasteiger partial charge in [0.1, 0.15) is 5.82 Å². The number of nitrogens with zero attached hydrogens (tertiary/aromatic N) is 1. The molecule has 2 N–H and O–H groups in total. The van der Waals surface area contributed by atoms with Gasteiger partial charge in [0.05, 0.1) is 11.8 Å². The Kier molecular flexibility index (Phi) is 4.19. The average Bonchev–Trinajstić information content (AvgIpc) is 2.37. The van der Waals surface area contributed by atoms with Gasteiger partial charge in [0.25, 0.3) is 0 Å². The highest BCUT2D eigenvalue weighted by molar-refractivity contribution is 5.47. The van der Waals surface area contributed by atoms with Gasteiger partial charge in [-0.25, -0.2) is 4.39 Å². The van der Waals surface area contributed by atoms with Crippen LogP contribution in [0, 0.1) is 11.7 Å². The van der Waals surface area contributed by atoms with Crippen LogP contribution in [0.15, 0.2) is 18.2 Å². The third kappa shape index (κ3) is 2.82. The van der Waals surface area contributed by atoms with Gasteiger partial charge in [0, 0.05) is 20.2 Å². The molecule has 0 aliphatic carbocycles. The molecule has 18 heavy (non-hydrogen) atoms. The van der Waals surface area contributed by atoms with Crippen molar-refractivity contribution in [3.05, 3.63) is 29.6 Å². The lowest BCUT2D eigenvalue weighted by Gasteiger charge is -2.36. The lowest BCUT2D eigenvalue weighted by atomic mass is 9.95. The fraction of sp³-hybridized carbons (Fsp3) is 0.571. The molecule has 1 fully saturated rings. The van der Waals surface area contributed by atoms with E-state index in [1.54, 1.807) is 13.2 Å². The number of hydrogen-bond acceptors (Lipinski definition) is 3. The van der Waals surface area contributed by atoms with Crippen molar-refractivity contribution in [3.63, 3.8) is 0 Å². The third-order valence-corrected chi connectivity index (χ3v) is 3.81. The monoisotopic (exact) mass is 252 g/mol. The molecule has 2 rings (SSSR count). The quantitative estimate of drug-likeness (QED) is 0.839. The topological polar surface area (TPSA) is 38.5 Å². The Balaban J connectivity index is 2.03. The van der Waals surface area contributed by atoms with Gasteiger partial charge in [0.2, 0.25) is 0 Å². The van der Waals surface area contributed by atoms with Gasteiger partial charge in [-0.3, -0.25) is 4.90 Å². The second kappa shape index (κ2) is 5.67. The minimum atomic E-state index is -0.332. The largest absolute Gasteiger partial charge is 0.396 e. The summed E-state index contributed by atoms with van der Waals surface area (Å²) in [5, 5.41) is 0. The molecule has 1 heterocycles. The first kappa shape index (κ1) is 13.3. The van der Waals surface area contributed by atoms with Gasteiger partial charge < -0.3 is 10.5 Å². The number of hydrogen-bond donors (Lipinski definition) is 1. The van der Waals surface area contributed by atoms with E-state index in [9.17, 15) is 4.39 Å². The lowest BCUT2D eigenvalue weighted by Crippen LogP contribution is -2.43. The van der Waals surface area contributed by atoms with E-state index in [4.69, 9.17) is 10.5 Å². The van der Waals surface area contributed by atoms with Crippen molar-refractivity contribution in [1.82, 2.24) is 4.90 Å². The molecule has 0 bridgehead atoms. The first-order chi connectivity index (χ1) is 8.61. The van der Waals surface area contributed by atoms with Crippen LogP contribution in [-0.2, 0) is 11.3 Å². The highest BCUT2D eigenvalue weighted by Gasteiger charge is 2.26. The SMILES string of the molecule is COC1CN(Cc2cccc(F)c2N)CCC1C. The maximum Gasteiger partial charge on any atom is 0.146 e. The molecule has 2 atom stereocenters. The number of piperidine rings is 1. The number of nitrogen functional groups attached to an aromatic ring is 1. The molecule has 0 saturated carbocycles. The molecule has 0 spiro atoms. The predicted octanol–water partition coefficient (Wildman–Crippen LogP) is 2.26. The Hall–Kier alpha value is -1.13. The average molecular weight is 252 g/mol. The summed E-state index contributed by atoms with van der Waals surface area (Å²) in [6.07, 6.45) is 1.36. The molecule has 100 valence electrons. The zero-order valence-electron chi connectivity index (χ0n) is 11.0. The van der Waals surface area contributed by atoms with Crippen LogP contribution < -0.4 is 5.73 Å². The second-order valence-electron chi connectivity index (χ2n) is 5.09. The van der Waals surface area contributed by atoms with Crippen LogP contribution in [0.5, 0.6) is 0 Å². The molecule has 1 aliphatic rings. The van der Waals surface area contributed by atoms with Gasteiger partial charge in [-0.1, -0.05) is 19.1 Å². The Morgan fingerprint density at radius 2 is 2.28 bits per heavy atom. The fourth-order valence-electron chi connectivity index (χ4n) is 2.51. The van der Waals surface area contributed by atoms with E-state index in [-0.39, 0.29) is 17.6 Å². The van der Waals surface area contributed by atoms with E-state index in [0.717, 1.165) is 25.1 Å². The summed E-state index contributed by atoms with van der Waals surface area (Å²) in [4.78, 5) is 2.28. The molecular weight excluding hydrogens is 231 g/mol. The Labute approximate surface area is 108 Å². The van der Waals surface area contributed by atoms with Crippen LogP contribution in [0.25, 0.3) is 0 Å². The van der Waals surface area contributed by atoms with Crippen LogP contribution in [0.3, 0.4) is 0 Å². The molecule has 1 aliphatic heterocycles. The van der Waals surface area contributed by atoms with Crippen LogP contribution in [0.2, 0.25) is 0 Å². The van der Waals surface area contributed by atoms with Crippen molar-refractivity contribution in [2.45, 2.75) is 26.0 Å². The number of para-hydroxylation sites is 1. The number of ether oxygens (including phenoxy) is 1. The van der Waals surface area contributed by atoms with Crippen LogP contribution in [0.1, 0.15) is 18.9 Å². The summed E-state index contributed by atoms with van der Waals surface area (Å²) >= 11 is 0. The number of rotatable bonds is 3. The number of benzene rings is 1. The summed E-state index contributed by atoms with van der Waals surface area (Å²) in [5.74, 6) is 0.247. The van der Waals surface area contributed by atoms with E-state index in [1.807, 2.05) is 6.07 Å². The molecule has 3 nitrogen and oxygen atoms in total. The lowest BCUT2D eigenvalue weighted by molar-refractivity contribution is -0.00740. The van der Waals surface area contributed by atoms with Crippen LogP contribution >= 0.6 is 0 Å². The molecule has 1 aromatic rings. The highest BCUT2D eigenvalue weighted by atomic mass is 19.1. The van der Waals surface area contributed by atoms with Gasteiger partial charge in [0.15, 0.2) is 0 Å². The first-order valence-electron chi connectivity index (χ1n) is 6.40. The van der Waals surface area contributed by atoms with E-state index in [0.29, 0.717) is 12.5 Å². The van der Waals surface area contributed by atoms with Crippen molar-refractivity contribution in [1.29, 1.82) is 0 Å². The van der Waals surface area contributed by atoms with Crippen molar-refractivity contribution >= 4 is 5.69 Å². The summed E-state index contributed by atoms with van der Waals surface area (Å²) in [7, 11) is 1.75. The summed E-state index contributed by atoms with van der Waals surface area (Å²) < 4.78 is 18.8. The summed E-state index contributed by atoms with van der Waals surface area (Å²) in [6.45, 7) is 4.79. The predicted molar refractivity (Wildman–Crippen MR) is 70.7 cm³/mol. The number of halogens is 1. The molecule has 2 unspecified atom stereocenters. The third-order valence-electron chi connectivity index (χ3n) is 3.81. The van der Waals surface area contributed by atoms with E-state index < -0.39 is 0 Å². The smallest absolute Gasteiger partial charge is 0.146 e. The number of nitrogens with two attached hydrogens (primary N) is 1. The van der Waals surface area contributed by atoms with E-state index in [1.165, 1.54) is 6.07 Å². The minimum absolute atomic E-state index is 0.258. The van der Waals surface area contributed by atoms with Gasteiger partial charge in [-0.15, -0.1) is 0 Å². The van der Waals surface area contributed by atoms with Crippen molar-refractivity contribution in [2.24, 2.45) is 5.92 Å². The first-order valence-corrected chi connectivity index (χ1v) is 6.40. The second-order valence-corrected chi connectivity index (χ2v) is 5.09. The standard InChI is InChI=1S/C14H21FN2O/c1-10-6-7-17(9-13(10)18-2)8-11-4-3-5-12(15)14(11)16/h3-5,10,13H,6-9,16H2,1-2H3. The Bertz CT molecular complexity index is 411. The van der Waals surface area contributed by atoms with Crippen molar-refractivity contribution < 1.29 is 9.13 Å². The maximum atomic E-state index is 13.4. The molecule has 0 aromatic heterocycles. The normalized spacial score (nSPS) is 25.3. The summed E-state index contributed by atoms with van der Waals surface area (Å²) in [5.41, 5.74) is 6.89. The number of anilines is 1. The highest BCUT2D eigenvalue weighted by Crippen LogP contribution is 2.23. The van der Waals surface area contributed by atoms with Crippen LogP contribution in [0.4, 0.5) is 10.1 Å². The van der Waals surface area contributed by atoms with E-state index in [2.05, 4.69) is 11.8 Å². The molecule has 1 aromatic carbocycles. The molecule has 0 amide bonds. The Morgan fingerprint density at radius 3 is 3.00 bits per heavy atom.